The van der Waals surface area contributed by atoms with Gasteiger partial charge in [-0.3, -0.25) is 10.2 Å². The number of hydrogen-bond donors (Lipinski definition) is 2. The summed E-state index contributed by atoms with van der Waals surface area (Å²) in [7, 11) is 0. The second kappa shape index (κ2) is 10.3. The first-order valence-corrected chi connectivity index (χ1v) is 12.4. The Kier molecular flexibility index (Phi) is 6.85. The van der Waals surface area contributed by atoms with Gasteiger partial charge < -0.3 is 19.9 Å². The van der Waals surface area contributed by atoms with E-state index in [-0.39, 0.29) is 0 Å². The van der Waals surface area contributed by atoms with Crippen LogP contribution in [0.2, 0.25) is 0 Å². The number of pyridine rings is 1. The number of anilines is 2. The van der Waals surface area contributed by atoms with Crippen LogP contribution < -0.4 is 20.7 Å². The van der Waals surface area contributed by atoms with E-state index >= 15 is 0 Å². The molecule has 0 atom stereocenters. The minimum absolute atomic E-state index is 0.553. The molecule has 0 spiro atoms. The first-order valence-electron chi connectivity index (χ1n) is 12.4. The Balaban J connectivity index is 1.13. The molecule has 2 aromatic heterocycles. The molecule has 3 N–H and O–H groups in total. The maximum absolute atomic E-state index is 11.4. The van der Waals surface area contributed by atoms with Gasteiger partial charge in [0.1, 0.15) is 17.2 Å². The molecule has 1 aromatic carbocycles. The summed E-state index contributed by atoms with van der Waals surface area (Å²) in [5.41, 5.74) is 8.86. The van der Waals surface area contributed by atoms with E-state index in [4.69, 9.17) is 10.5 Å². The number of nitrogens with two attached hydrogens (primary N) is 1. The molecular formula is C26H34N6O2. The van der Waals surface area contributed by atoms with E-state index in [0.29, 0.717) is 5.82 Å². The molecule has 8 nitrogen and oxygen atoms in total. The normalized spacial score (nSPS) is 16.6. The molecule has 0 saturated carbocycles. The average Bonchev–Trinajstić information content (AvgIpc) is 3.01. The number of primary amides is 1. The van der Waals surface area contributed by atoms with E-state index in [2.05, 4.69) is 42.9 Å². The van der Waals surface area contributed by atoms with E-state index in [0.717, 1.165) is 88.3 Å². The van der Waals surface area contributed by atoms with Gasteiger partial charge in [-0.1, -0.05) is 12.1 Å². The number of aromatic nitrogens is 2. The Labute approximate surface area is 200 Å². The maximum Gasteiger partial charge on any atom is 0.317 e. The number of nitrogens with zero attached hydrogens (tertiary/aromatic N) is 4. The van der Waals surface area contributed by atoms with Gasteiger partial charge in [0.2, 0.25) is 0 Å². The van der Waals surface area contributed by atoms with Crippen LogP contribution in [0.3, 0.4) is 0 Å². The molecule has 34 heavy (non-hydrogen) atoms. The lowest BCUT2D eigenvalue weighted by Gasteiger charge is -2.37. The Hall–Kier alpha value is -3.26. The summed E-state index contributed by atoms with van der Waals surface area (Å²) in [6.45, 7) is 6.87. The van der Waals surface area contributed by atoms with Crippen molar-refractivity contribution in [3.05, 3.63) is 48.2 Å². The second-order valence-electron chi connectivity index (χ2n) is 9.19. The number of rotatable bonds is 7. The van der Waals surface area contributed by atoms with Gasteiger partial charge in [0.15, 0.2) is 0 Å². The molecule has 0 radical (unpaired) electrons. The van der Waals surface area contributed by atoms with Crippen LogP contribution in [0.15, 0.2) is 42.6 Å². The molecule has 4 heterocycles. The van der Waals surface area contributed by atoms with Crippen molar-refractivity contribution in [3.63, 3.8) is 0 Å². The van der Waals surface area contributed by atoms with E-state index < -0.39 is 6.03 Å². The van der Waals surface area contributed by atoms with Gasteiger partial charge in [-0.05, 0) is 68.5 Å². The van der Waals surface area contributed by atoms with Crippen molar-refractivity contribution in [1.82, 2.24) is 14.5 Å². The average molecular weight is 463 g/mol. The number of urea groups is 1. The number of carbonyl (C=O) groups excluding carboxylic acids is 1. The molecule has 8 heteroatoms. The van der Waals surface area contributed by atoms with Crippen LogP contribution in [0, 0.1) is 0 Å². The first kappa shape index (κ1) is 22.5. The molecule has 0 bridgehead atoms. The number of unbranched alkanes of at least 4 members (excludes halogenated alkanes) is 1. The van der Waals surface area contributed by atoms with Crippen LogP contribution in [0.1, 0.15) is 31.2 Å². The number of nitrogens with one attached hydrogen (secondary N) is 1. The number of fused-ring (bicyclic) bond motifs is 2. The highest BCUT2D eigenvalue weighted by Crippen LogP contribution is 2.35. The smallest absolute Gasteiger partial charge is 0.317 e. The van der Waals surface area contributed by atoms with Crippen LogP contribution in [-0.2, 0) is 13.0 Å². The lowest BCUT2D eigenvalue weighted by molar-refractivity contribution is 0.250. The SMILES string of the molecule is NC(=O)Nc1cc2cccnc2n1CCCCN1CCN(c2cccc3c2OCCCC3)CC1. The Bertz CT molecular complexity index is 1140. The van der Waals surface area contributed by atoms with Crippen LogP contribution in [0.25, 0.3) is 11.0 Å². The van der Waals surface area contributed by atoms with Crippen LogP contribution in [-0.4, -0.2) is 59.8 Å². The fourth-order valence-electron chi connectivity index (χ4n) is 5.14. The largest absolute Gasteiger partial charge is 0.491 e. The van der Waals surface area contributed by atoms with Crippen molar-refractivity contribution in [3.8, 4) is 5.75 Å². The van der Waals surface area contributed by atoms with Gasteiger partial charge in [0, 0.05) is 44.3 Å². The van der Waals surface area contributed by atoms with E-state index in [1.54, 1.807) is 6.20 Å². The first-order chi connectivity index (χ1) is 16.7. The van der Waals surface area contributed by atoms with E-state index in [1.165, 1.54) is 17.7 Å². The number of ether oxygens (including phenoxy) is 1. The molecule has 0 unspecified atom stereocenters. The maximum atomic E-state index is 11.4. The number of piperazine rings is 1. The monoisotopic (exact) mass is 462 g/mol. The summed E-state index contributed by atoms with van der Waals surface area (Å²) < 4.78 is 8.20. The topological polar surface area (TPSA) is 88.6 Å². The molecule has 5 rings (SSSR count). The molecule has 0 aliphatic carbocycles. The lowest BCUT2D eigenvalue weighted by Crippen LogP contribution is -2.46. The molecule has 2 aliphatic heterocycles. The molecule has 3 aromatic rings. The molecule has 1 fully saturated rings. The molecular weight excluding hydrogens is 428 g/mol. The summed E-state index contributed by atoms with van der Waals surface area (Å²) in [6.07, 6.45) is 7.34. The third-order valence-corrected chi connectivity index (χ3v) is 6.89. The fourth-order valence-corrected chi connectivity index (χ4v) is 5.14. The van der Waals surface area contributed by atoms with Gasteiger partial charge in [0.05, 0.1) is 12.3 Å². The number of hydrogen-bond acceptors (Lipinski definition) is 5. The number of benzene rings is 1. The van der Waals surface area contributed by atoms with Gasteiger partial charge >= 0.3 is 6.03 Å². The Morgan fingerprint density at radius 3 is 2.76 bits per heavy atom. The number of para-hydroxylation sites is 1. The standard InChI is InChI=1S/C26H34N6O2/c27-26(33)29-23-19-21-9-6-11-28-25(21)32(23)13-3-2-12-30-14-16-31(17-15-30)22-10-5-8-20-7-1-4-18-34-24(20)22/h5-6,8-11,19H,1-4,7,12-18H2,(H3,27,29,33). The summed E-state index contributed by atoms with van der Waals surface area (Å²) >= 11 is 0. The predicted octanol–water partition coefficient (Wildman–Crippen LogP) is 3.84. The molecule has 2 aliphatic rings. The summed E-state index contributed by atoms with van der Waals surface area (Å²) in [4.78, 5) is 20.9. The molecule has 1 saturated heterocycles. The van der Waals surface area contributed by atoms with Crippen molar-refractivity contribution in [1.29, 1.82) is 0 Å². The van der Waals surface area contributed by atoms with E-state index in [1.807, 2.05) is 18.2 Å². The highest BCUT2D eigenvalue weighted by atomic mass is 16.5. The fraction of sp³-hybridized carbons (Fsp3) is 0.462. The molecule has 180 valence electrons. The Morgan fingerprint density at radius 1 is 1.06 bits per heavy atom. The number of aryl methyl sites for hydroxylation is 2. The van der Waals surface area contributed by atoms with Gasteiger partial charge in [-0.2, -0.15) is 0 Å². The second-order valence-corrected chi connectivity index (χ2v) is 9.19. The van der Waals surface area contributed by atoms with Gasteiger partial charge in [-0.25, -0.2) is 9.78 Å². The zero-order valence-electron chi connectivity index (χ0n) is 19.7. The number of carbonyl (C=O) groups is 1. The molecule has 2 amide bonds. The highest BCUT2D eigenvalue weighted by Gasteiger charge is 2.22. The minimum atomic E-state index is -0.553. The summed E-state index contributed by atoms with van der Waals surface area (Å²) in [5.74, 6) is 1.82. The zero-order valence-corrected chi connectivity index (χ0v) is 19.7. The Morgan fingerprint density at radius 2 is 1.91 bits per heavy atom. The summed E-state index contributed by atoms with van der Waals surface area (Å²) in [5, 5.41) is 3.74. The van der Waals surface area contributed by atoms with Crippen molar-refractivity contribution >= 4 is 28.6 Å². The quantitative estimate of drug-likeness (QED) is 0.521. The van der Waals surface area contributed by atoms with Crippen molar-refractivity contribution in [2.24, 2.45) is 5.73 Å². The number of amides is 2. The lowest BCUT2D eigenvalue weighted by atomic mass is 10.1. The summed E-state index contributed by atoms with van der Waals surface area (Å²) in [6, 6.07) is 11.9. The van der Waals surface area contributed by atoms with Crippen molar-refractivity contribution < 1.29 is 9.53 Å². The van der Waals surface area contributed by atoms with Crippen molar-refractivity contribution in [2.75, 3.05) is 49.5 Å². The van der Waals surface area contributed by atoms with Gasteiger partial charge in [-0.15, -0.1) is 0 Å². The predicted molar refractivity (Wildman–Crippen MR) is 136 cm³/mol. The van der Waals surface area contributed by atoms with Crippen molar-refractivity contribution in [2.45, 2.75) is 38.6 Å². The van der Waals surface area contributed by atoms with Crippen LogP contribution >= 0.6 is 0 Å². The third-order valence-electron chi connectivity index (χ3n) is 6.89. The van der Waals surface area contributed by atoms with Crippen LogP contribution in [0.4, 0.5) is 16.3 Å². The highest BCUT2D eigenvalue weighted by molar-refractivity contribution is 5.91. The zero-order chi connectivity index (χ0) is 23.3. The minimum Gasteiger partial charge on any atom is -0.491 e. The van der Waals surface area contributed by atoms with Crippen LogP contribution in [0.5, 0.6) is 5.75 Å². The van der Waals surface area contributed by atoms with E-state index in [9.17, 15) is 4.79 Å². The third kappa shape index (κ3) is 4.97. The van der Waals surface area contributed by atoms with Gasteiger partial charge in [0.25, 0.3) is 0 Å².